The number of esters is 1. The number of amides is 1. The molecule has 0 fully saturated rings. The summed E-state index contributed by atoms with van der Waals surface area (Å²) in [6.07, 6.45) is -1.94. The fraction of sp³-hybridized carbons (Fsp3) is 0.452. The van der Waals surface area contributed by atoms with Gasteiger partial charge in [0.2, 0.25) is 0 Å². The molecule has 2 aromatic rings. The second-order valence-corrected chi connectivity index (χ2v) is 11.0. The molecule has 0 spiro atoms. The first kappa shape index (κ1) is 32.5. The van der Waals surface area contributed by atoms with Gasteiger partial charge in [0.05, 0.1) is 31.2 Å². The minimum Gasteiger partial charge on any atom is -0.497 e. The van der Waals surface area contributed by atoms with E-state index in [4.69, 9.17) is 19.6 Å². The molecule has 0 aliphatic heterocycles. The van der Waals surface area contributed by atoms with E-state index in [1.165, 1.54) is 26.4 Å². The molecule has 0 bridgehead atoms. The van der Waals surface area contributed by atoms with E-state index >= 15 is 0 Å². The molecule has 0 saturated heterocycles. The smallest absolute Gasteiger partial charge is 0.418 e. The number of nitrogens with one attached hydrogen (secondary N) is 3. The Bertz CT molecular complexity index is 1320. The van der Waals surface area contributed by atoms with E-state index in [1.807, 2.05) is 0 Å². The fourth-order valence-corrected chi connectivity index (χ4v) is 4.62. The van der Waals surface area contributed by atoms with Crippen LogP contribution in [0.5, 0.6) is 11.5 Å². The number of ether oxygens (including phenoxy) is 3. The number of benzene rings is 2. The number of hydrogen-bond acceptors (Lipinski definition) is 7. The quantitative estimate of drug-likeness (QED) is 0.138. The molecule has 0 unspecified atom stereocenters. The predicted molar refractivity (Wildman–Crippen MR) is 156 cm³/mol. The van der Waals surface area contributed by atoms with Crippen LogP contribution >= 0.6 is 0 Å². The Morgan fingerprint density at radius 1 is 0.929 bits per heavy atom. The van der Waals surface area contributed by atoms with Gasteiger partial charge in [0, 0.05) is 35.9 Å². The monoisotopic (exact) mass is 589 g/mol. The molecule has 42 heavy (non-hydrogen) atoms. The molecule has 0 atom stereocenters. The molecule has 8 nitrogen and oxygen atoms in total. The maximum Gasteiger partial charge on any atom is 0.418 e. The molecule has 1 aliphatic carbocycles. The van der Waals surface area contributed by atoms with E-state index in [0.29, 0.717) is 67.0 Å². The van der Waals surface area contributed by atoms with Gasteiger partial charge in [-0.2, -0.15) is 13.2 Å². The van der Waals surface area contributed by atoms with Crippen LogP contribution in [0, 0.1) is 5.41 Å². The minimum atomic E-state index is -4.69. The second kappa shape index (κ2) is 13.8. The van der Waals surface area contributed by atoms with Gasteiger partial charge >= 0.3 is 12.1 Å². The average Bonchev–Trinajstić information content (AvgIpc) is 3.41. The van der Waals surface area contributed by atoms with Crippen molar-refractivity contribution in [2.45, 2.75) is 71.1 Å². The molecule has 0 aromatic heterocycles. The van der Waals surface area contributed by atoms with Gasteiger partial charge in [-0.3, -0.25) is 15.0 Å². The van der Waals surface area contributed by atoms with Crippen molar-refractivity contribution in [1.29, 1.82) is 5.41 Å². The number of halogens is 3. The Hall–Kier alpha value is -4.02. The number of anilines is 2. The molecule has 1 amide bonds. The van der Waals surface area contributed by atoms with E-state index in [-0.39, 0.29) is 29.4 Å². The Morgan fingerprint density at radius 3 is 2.17 bits per heavy atom. The summed E-state index contributed by atoms with van der Waals surface area (Å²) in [4.78, 5) is 25.2. The van der Waals surface area contributed by atoms with Crippen LogP contribution in [0.25, 0.3) is 0 Å². The van der Waals surface area contributed by atoms with Crippen LogP contribution in [0.3, 0.4) is 0 Å². The SMILES string of the molecule is COc1cc(OC)cc(C(=N)C2=C(C(=O)Nc3cc(NCCCCC(=O)OC(C)(C)C)ccc3C(F)(F)F)CCC2)c1. The van der Waals surface area contributed by atoms with Crippen molar-refractivity contribution in [3.63, 3.8) is 0 Å². The molecule has 1 aliphatic rings. The molecule has 3 N–H and O–H groups in total. The predicted octanol–water partition coefficient (Wildman–Crippen LogP) is 7.13. The fourth-order valence-electron chi connectivity index (χ4n) is 4.62. The second-order valence-electron chi connectivity index (χ2n) is 11.0. The lowest BCUT2D eigenvalue weighted by Gasteiger charge is -2.19. The number of carbonyl (C=O) groups is 2. The standard InChI is InChI=1S/C31H38F3N3O5/c1-30(2,3)42-27(38)11-6-7-14-36-20-12-13-25(31(32,33)34)26(17-20)37-29(39)24-10-8-9-23(24)28(35)19-15-21(40-4)18-22(16-19)41-5/h12-13,15-18,35-36H,6-11,14H2,1-5H3,(H,37,39). The summed E-state index contributed by atoms with van der Waals surface area (Å²) in [6, 6.07) is 8.44. The number of allylic oxidation sites excluding steroid dienone is 1. The van der Waals surface area contributed by atoms with Crippen LogP contribution in [0.4, 0.5) is 24.5 Å². The van der Waals surface area contributed by atoms with E-state index in [0.717, 1.165) is 6.07 Å². The number of unbranched alkanes of at least 4 members (excludes halogenated alkanes) is 1. The molecular weight excluding hydrogens is 551 g/mol. The highest BCUT2D eigenvalue weighted by Gasteiger charge is 2.35. The van der Waals surface area contributed by atoms with Gasteiger partial charge in [-0.05, 0) is 88.8 Å². The van der Waals surface area contributed by atoms with Crippen LogP contribution in [-0.2, 0) is 20.5 Å². The number of methoxy groups -OCH3 is 2. The number of carbonyl (C=O) groups excluding carboxylic acids is 2. The molecule has 228 valence electrons. The van der Waals surface area contributed by atoms with Crippen LogP contribution in [0.2, 0.25) is 0 Å². The van der Waals surface area contributed by atoms with Crippen molar-refractivity contribution in [3.05, 3.63) is 58.7 Å². The number of rotatable bonds is 12. The topological polar surface area (TPSA) is 110 Å². The number of hydrogen-bond donors (Lipinski definition) is 3. The zero-order valence-corrected chi connectivity index (χ0v) is 24.6. The highest BCUT2D eigenvalue weighted by molar-refractivity contribution is 6.17. The van der Waals surface area contributed by atoms with Gasteiger partial charge < -0.3 is 24.8 Å². The molecule has 0 radical (unpaired) electrons. The van der Waals surface area contributed by atoms with Crippen LogP contribution < -0.4 is 20.1 Å². The van der Waals surface area contributed by atoms with E-state index in [2.05, 4.69) is 10.6 Å². The van der Waals surface area contributed by atoms with Gasteiger partial charge in [0.1, 0.15) is 17.1 Å². The van der Waals surface area contributed by atoms with Crippen molar-refractivity contribution < 1.29 is 37.0 Å². The summed E-state index contributed by atoms with van der Waals surface area (Å²) in [5.41, 5.74) is -0.207. The van der Waals surface area contributed by atoms with Crippen LogP contribution in [0.15, 0.2) is 47.5 Å². The summed E-state index contributed by atoms with van der Waals surface area (Å²) < 4.78 is 57.4. The Kier molecular flexibility index (Phi) is 10.6. The summed E-state index contributed by atoms with van der Waals surface area (Å²) in [6.45, 7) is 5.79. The maximum atomic E-state index is 13.8. The van der Waals surface area contributed by atoms with Gasteiger partial charge in [-0.15, -0.1) is 0 Å². The van der Waals surface area contributed by atoms with E-state index in [9.17, 15) is 22.8 Å². The van der Waals surface area contributed by atoms with Gasteiger partial charge in [0.15, 0.2) is 0 Å². The maximum absolute atomic E-state index is 13.8. The number of alkyl halides is 3. The third kappa shape index (κ3) is 8.99. The third-order valence-electron chi connectivity index (χ3n) is 6.56. The summed E-state index contributed by atoms with van der Waals surface area (Å²) >= 11 is 0. The lowest BCUT2D eigenvalue weighted by Crippen LogP contribution is -2.23. The molecule has 11 heteroatoms. The highest BCUT2D eigenvalue weighted by atomic mass is 19.4. The summed E-state index contributed by atoms with van der Waals surface area (Å²) in [5, 5.41) is 14.3. The zero-order chi connectivity index (χ0) is 31.1. The summed E-state index contributed by atoms with van der Waals surface area (Å²) in [5.74, 6) is -0.0336. The lowest BCUT2D eigenvalue weighted by molar-refractivity contribution is -0.155. The largest absolute Gasteiger partial charge is 0.497 e. The molecular formula is C31H38F3N3O5. The first-order valence-corrected chi connectivity index (χ1v) is 13.7. The van der Waals surface area contributed by atoms with E-state index < -0.39 is 23.2 Å². The van der Waals surface area contributed by atoms with Crippen molar-refractivity contribution in [3.8, 4) is 11.5 Å². The molecule has 0 saturated carbocycles. The van der Waals surface area contributed by atoms with Gasteiger partial charge in [-0.25, -0.2) is 0 Å². The first-order chi connectivity index (χ1) is 19.7. The van der Waals surface area contributed by atoms with E-state index in [1.54, 1.807) is 39.0 Å². The third-order valence-corrected chi connectivity index (χ3v) is 6.56. The Morgan fingerprint density at radius 2 is 1.57 bits per heavy atom. The highest BCUT2D eigenvalue weighted by Crippen LogP contribution is 2.38. The lowest BCUT2D eigenvalue weighted by atomic mass is 9.98. The van der Waals surface area contributed by atoms with Crippen LogP contribution in [0.1, 0.15) is 70.4 Å². The Labute approximate surface area is 244 Å². The van der Waals surface area contributed by atoms with Crippen LogP contribution in [-0.4, -0.2) is 44.0 Å². The van der Waals surface area contributed by atoms with Gasteiger partial charge in [0.25, 0.3) is 5.91 Å². The van der Waals surface area contributed by atoms with Gasteiger partial charge in [-0.1, -0.05) is 0 Å². The first-order valence-electron chi connectivity index (χ1n) is 13.7. The normalized spacial score (nSPS) is 13.5. The van der Waals surface area contributed by atoms with Crippen molar-refractivity contribution in [2.24, 2.45) is 0 Å². The Balaban J connectivity index is 1.75. The average molecular weight is 590 g/mol. The zero-order valence-electron chi connectivity index (χ0n) is 24.6. The minimum absolute atomic E-state index is 0.0905. The molecule has 2 aromatic carbocycles. The molecule has 0 heterocycles. The summed E-state index contributed by atoms with van der Waals surface area (Å²) in [7, 11) is 2.97. The van der Waals surface area contributed by atoms with Crippen molar-refractivity contribution >= 4 is 29.0 Å². The van der Waals surface area contributed by atoms with Crippen molar-refractivity contribution in [2.75, 3.05) is 31.4 Å². The van der Waals surface area contributed by atoms with Crippen molar-refractivity contribution in [1.82, 2.24) is 0 Å². The molecule has 3 rings (SSSR count).